The van der Waals surface area contributed by atoms with Crippen LogP contribution in [0.4, 0.5) is 0 Å². The van der Waals surface area contributed by atoms with Crippen LogP contribution in [-0.2, 0) is 13.6 Å². The monoisotopic (exact) mass is 317 g/mol. The highest BCUT2D eigenvalue weighted by Gasteiger charge is 2.25. The first-order valence-electron chi connectivity index (χ1n) is 7.50. The molecule has 2 aromatic rings. The van der Waals surface area contributed by atoms with Crippen molar-refractivity contribution in [1.82, 2.24) is 24.6 Å². The largest absolute Gasteiger partial charge is 0.479 e. The predicted octanol–water partition coefficient (Wildman–Crippen LogP) is 0.293. The van der Waals surface area contributed by atoms with Crippen molar-refractivity contribution in [3.05, 3.63) is 40.2 Å². The number of rotatable bonds is 6. The van der Waals surface area contributed by atoms with Crippen LogP contribution in [0, 0.1) is 0 Å². The maximum absolute atomic E-state index is 12.1. The highest BCUT2D eigenvalue weighted by Crippen LogP contribution is 2.38. The molecule has 3 rings (SSSR count). The summed E-state index contributed by atoms with van der Waals surface area (Å²) in [4.78, 5) is 28.4. The molecule has 2 aromatic heterocycles. The Morgan fingerprint density at radius 2 is 2.26 bits per heavy atom. The molecule has 1 N–H and O–H groups in total. The fourth-order valence-electron chi connectivity index (χ4n) is 2.37. The molecular weight excluding hydrogens is 298 g/mol. The van der Waals surface area contributed by atoms with Crippen molar-refractivity contribution in [2.45, 2.75) is 25.3 Å². The van der Waals surface area contributed by atoms with Gasteiger partial charge < -0.3 is 10.1 Å². The molecule has 2 heterocycles. The van der Waals surface area contributed by atoms with E-state index < -0.39 is 0 Å². The van der Waals surface area contributed by atoms with Gasteiger partial charge in [-0.25, -0.2) is 4.98 Å². The topological polar surface area (TPSA) is 91.0 Å². The fourth-order valence-corrected chi connectivity index (χ4v) is 2.37. The average molecular weight is 317 g/mol. The number of aryl methyl sites for hydroxylation is 1. The average Bonchev–Trinajstić information content (AvgIpc) is 3.31. The zero-order chi connectivity index (χ0) is 16.4. The summed E-state index contributed by atoms with van der Waals surface area (Å²) < 4.78 is 8.06. The van der Waals surface area contributed by atoms with Crippen LogP contribution in [0.1, 0.15) is 34.8 Å². The molecule has 8 heteroatoms. The van der Waals surface area contributed by atoms with Gasteiger partial charge in [-0.05, 0) is 12.8 Å². The number of hydrogen-bond donors (Lipinski definition) is 1. The Morgan fingerprint density at radius 3 is 2.91 bits per heavy atom. The summed E-state index contributed by atoms with van der Waals surface area (Å²) in [6.07, 6.45) is 5.36. The fraction of sp³-hybridized carbons (Fsp3) is 0.467. The van der Waals surface area contributed by atoms with Crippen molar-refractivity contribution in [3.8, 4) is 5.88 Å². The van der Waals surface area contributed by atoms with Crippen molar-refractivity contribution in [3.63, 3.8) is 0 Å². The van der Waals surface area contributed by atoms with Gasteiger partial charge in [-0.2, -0.15) is 0 Å². The molecule has 1 saturated carbocycles. The van der Waals surface area contributed by atoms with Crippen LogP contribution in [0.3, 0.4) is 0 Å². The predicted molar refractivity (Wildman–Crippen MR) is 82.6 cm³/mol. The lowest BCUT2D eigenvalue weighted by atomic mass is 10.3. The van der Waals surface area contributed by atoms with Crippen LogP contribution in [0.25, 0.3) is 0 Å². The number of aromatic nitrogens is 4. The van der Waals surface area contributed by atoms with Crippen molar-refractivity contribution < 1.29 is 9.53 Å². The second-order valence-electron chi connectivity index (χ2n) is 5.60. The van der Waals surface area contributed by atoms with Crippen molar-refractivity contribution in [2.75, 3.05) is 13.7 Å². The summed E-state index contributed by atoms with van der Waals surface area (Å²) in [5.74, 6) is 0.443. The summed E-state index contributed by atoms with van der Waals surface area (Å²) >= 11 is 0. The summed E-state index contributed by atoms with van der Waals surface area (Å²) in [5.41, 5.74) is 1.15. The van der Waals surface area contributed by atoms with Crippen molar-refractivity contribution >= 4 is 5.91 Å². The van der Waals surface area contributed by atoms with E-state index >= 15 is 0 Å². The van der Waals surface area contributed by atoms with Gasteiger partial charge in [0.1, 0.15) is 5.56 Å². The van der Waals surface area contributed by atoms with Gasteiger partial charge in [0, 0.05) is 38.3 Å². The molecule has 0 unspecified atom stereocenters. The number of carbonyl (C=O) groups is 1. The SMILES string of the molecule is COc1nn(C)cc1C(=O)NCCn1cnc(C2CC2)cc1=O. The molecule has 0 aromatic carbocycles. The third-order valence-corrected chi connectivity index (χ3v) is 3.77. The molecule has 0 bridgehead atoms. The Labute approximate surface area is 133 Å². The summed E-state index contributed by atoms with van der Waals surface area (Å²) in [6.45, 7) is 0.687. The van der Waals surface area contributed by atoms with E-state index in [0.29, 0.717) is 24.6 Å². The molecule has 1 aliphatic carbocycles. The lowest BCUT2D eigenvalue weighted by Gasteiger charge is -2.07. The first kappa shape index (κ1) is 15.3. The minimum absolute atomic E-state index is 0.0879. The molecule has 1 amide bonds. The van der Waals surface area contributed by atoms with E-state index in [-0.39, 0.29) is 17.3 Å². The molecule has 0 atom stereocenters. The Hall–Kier alpha value is -2.64. The third-order valence-electron chi connectivity index (χ3n) is 3.77. The highest BCUT2D eigenvalue weighted by molar-refractivity contribution is 5.96. The Morgan fingerprint density at radius 1 is 1.48 bits per heavy atom. The second kappa shape index (κ2) is 6.23. The van der Waals surface area contributed by atoms with Gasteiger partial charge in [-0.3, -0.25) is 18.8 Å². The quantitative estimate of drug-likeness (QED) is 0.827. The highest BCUT2D eigenvalue weighted by atomic mass is 16.5. The third kappa shape index (κ3) is 3.41. The molecule has 0 saturated heterocycles. The van der Waals surface area contributed by atoms with Crippen molar-refractivity contribution in [1.29, 1.82) is 0 Å². The van der Waals surface area contributed by atoms with Crippen LogP contribution in [0.2, 0.25) is 0 Å². The van der Waals surface area contributed by atoms with E-state index in [4.69, 9.17) is 4.74 Å². The van der Waals surface area contributed by atoms with Gasteiger partial charge in [0.25, 0.3) is 11.5 Å². The van der Waals surface area contributed by atoms with Crippen LogP contribution < -0.4 is 15.6 Å². The summed E-state index contributed by atoms with van der Waals surface area (Å²) in [5, 5.41) is 6.78. The van der Waals surface area contributed by atoms with Crippen LogP contribution in [-0.4, -0.2) is 38.9 Å². The van der Waals surface area contributed by atoms with E-state index in [1.807, 2.05) is 0 Å². The van der Waals surface area contributed by atoms with Gasteiger partial charge >= 0.3 is 0 Å². The zero-order valence-electron chi connectivity index (χ0n) is 13.2. The molecule has 122 valence electrons. The maximum Gasteiger partial charge on any atom is 0.258 e. The molecule has 23 heavy (non-hydrogen) atoms. The molecule has 8 nitrogen and oxygen atoms in total. The van der Waals surface area contributed by atoms with Crippen molar-refractivity contribution in [2.24, 2.45) is 7.05 Å². The minimum Gasteiger partial charge on any atom is -0.479 e. The zero-order valence-corrected chi connectivity index (χ0v) is 13.2. The molecule has 0 aliphatic heterocycles. The Bertz CT molecular complexity index is 776. The van der Waals surface area contributed by atoms with E-state index in [0.717, 1.165) is 18.5 Å². The lowest BCUT2D eigenvalue weighted by Crippen LogP contribution is -2.31. The molecule has 1 fully saturated rings. The first-order valence-corrected chi connectivity index (χ1v) is 7.50. The summed E-state index contributed by atoms with van der Waals surface area (Å²) in [7, 11) is 3.18. The minimum atomic E-state index is -0.287. The standard InChI is InChI=1S/C15H19N5O3/c1-19-8-11(15(18-19)23-2)14(22)16-5-6-20-9-17-12(7-13(20)21)10-3-4-10/h7-10H,3-6H2,1-2H3,(H,16,22). The van der Waals surface area contributed by atoms with E-state index in [1.165, 1.54) is 16.4 Å². The molecule has 0 radical (unpaired) electrons. The summed E-state index contributed by atoms with van der Waals surface area (Å²) in [6, 6.07) is 1.59. The first-order chi connectivity index (χ1) is 11.1. The molecule has 0 spiro atoms. The smallest absolute Gasteiger partial charge is 0.258 e. The number of methoxy groups -OCH3 is 1. The number of ether oxygens (including phenoxy) is 1. The normalized spacial score (nSPS) is 13.8. The Kier molecular flexibility index (Phi) is 4.14. The number of hydrogen-bond acceptors (Lipinski definition) is 5. The second-order valence-corrected chi connectivity index (χ2v) is 5.60. The molecular formula is C15H19N5O3. The lowest BCUT2D eigenvalue weighted by molar-refractivity contribution is 0.0949. The number of nitrogens with zero attached hydrogens (tertiary/aromatic N) is 4. The number of nitrogens with one attached hydrogen (secondary N) is 1. The van der Waals surface area contributed by atoms with Gasteiger partial charge in [0.2, 0.25) is 5.88 Å². The van der Waals surface area contributed by atoms with Gasteiger partial charge in [0.15, 0.2) is 0 Å². The van der Waals surface area contributed by atoms with Gasteiger partial charge in [0.05, 0.1) is 19.1 Å². The van der Waals surface area contributed by atoms with Gasteiger partial charge in [-0.1, -0.05) is 0 Å². The number of carbonyl (C=O) groups excluding carboxylic acids is 1. The van der Waals surface area contributed by atoms with E-state index in [1.54, 1.807) is 25.6 Å². The van der Waals surface area contributed by atoms with Crippen LogP contribution in [0.5, 0.6) is 5.88 Å². The molecule has 1 aliphatic rings. The van der Waals surface area contributed by atoms with Crippen LogP contribution >= 0.6 is 0 Å². The van der Waals surface area contributed by atoms with Crippen LogP contribution in [0.15, 0.2) is 23.4 Å². The number of amides is 1. The Balaban J connectivity index is 1.58. The van der Waals surface area contributed by atoms with E-state index in [9.17, 15) is 9.59 Å². The van der Waals surface area contributed by atoms with E-state index in [2.05, 4.69) is 15.4 Å². The van der Waals surface area contributed by atoms with Gasteiger partial charge in [-0.15, -0.1) is 5.10 Å². The maximum atomic E-state index is 12.1.